The molecule has 2 saturated carbocycles. The molecular formula is C8H12BrF. The summed E-state index contributed by atoms with van der Waals surface area (Å²) in [5.74, 6) is 0. The van der Waals surface area contributed by atoms with Crippen LogP contribution in [0.3, 0.4) is 0 Å². The van der Waals surface area contributed by atoms with Crippen LogP contribution in [0.25, 0.3) is 0 Å². The minimum absolute atomic E-state index is 0.356. The molecule has 0 heterocycles. The Kier molecular flexibility index (Phi) is 1.39. The lowest BCUT2D eigenvalue weighted by Crippen LogP contribution is -2.15. The van der Waals surface area contributed by atoms with Crippen LogP contribution in [0.2, 0.25) is 0 Å². The molecule has 10 heavy (non-hydrogen) atoms. The first-order valence-electron chi connectivity index (χ1n) is 3.93. The van der Waals surface area contributed by atoms with Gasteiger partial charge in [0.2, 0.25) is 0 Å². The van der Waals surface area contributed by atoms with Gasteiger partial charge in [-0.1, -0.05) is 15.9 Å². The van der Waals surface area contributed by atoms with E-state index in [1.807, 2.05) is 0 Å². The standard InChI is InChI=1S/C8H12BrF/c9-6-7-1-3-8(10,5-7)4-2-7/h1-6H2. The minimum Gasteiger partial charge on any atom is -0.244 e. The predicted molar refractivity (Wildman–Crippen MR) is 43.2 cm³/mol. The smallest absolute Gasteiger partial charge is 0.111 e. The molecule has 2 aliphatic carbocycles. The summed E-state index contributed by atoms with van der Waals surface area (Å²) in [5.41, 5.74) is -0.400. The summed E-state index contributed by atoms with van der Waals surface area (Å²) in [7, 11) is 0. The highest BCUT2D eigenvalue weighted by molar-refractivity contribution is 9.09. The average Bonchev–Trinajstić information content (AvgIpc) is 2.42. The molecule has 2 heteroatoms. The van der Waals surface area contributed by atoms with Crippen molar-refractivity contribution in [2.24, 2.45) is 5.41 Å². The zero-order valence-electron chi connectivity index (χ0n) is 6.00. The maximum atomic E-state index is 13.5. The Morgan fingerprint density at radius 3 is 2.00 bits per heavy atom. The normalized spacial score (nSPS) is 52.2. The van der Waals surface area contributed by atoms with Crippen LogP contribution in [0, 0.1) is 5.41 Å². The third kappa shape index (κ3) is 0.843. The third-order valence-corrected chi connectivity index (χ3v) is 4.37. The van der Waals surface area contributed by atoms with E-state index in [4.69, 9.17) is 0 Å². The molecule has 2 aliphatic rings. The fourth-order valence-electron chi connectivity index (χ4n) is 2.43. The number of hydrogen-bond acceptors (Lipinski definition) is 0. The van der Waals surface area contributed by atoms with E-state index in [0.29, 0.717) is 5.41 Å². The van der Waals surface area contributed by atoms with E-state index in [9.17, 15) is 4.39 Å². The molecule has 0 amide bonds. The highest BCUT2D eigenvalue weighted by atomic mass is 79.9. The van der Waals surface area contributed by atoms with Crippen LogP contribution in [-0.2, 0) is 0 Å². The molecule has 0 aliphatic heterocycles. The van der Waals surface area contributed by atoms with Crippen LogP contribution < -0.4 is 0 Å². The van der Waals surface area contributed by atoms with Crippen LogP contribution in [-0.4, -0.2) is 11.0 Å². The Morgan fingerprint density at radius 2 is 1.80 bits per heavy atom. The fourth-order valence-corrected chi connectivity index (χ4v) is 3.19. The van der Waals surface area contributed by atoms with Gasteiger partial charge in [0.1, 0.15) is 5.67 Å². The van der Waals surface area contributed by atoms with Gasteiger partial charge < -0.3 is 0 Å². The molecular weight excluding hydrogens is 195 g/mol. The molecule has 0 saturated heterocycles. The van der Waals surface area contributed by atoms with E-state index in [1.165, 1.54) is 0 Å². The maximum Gasteiger partial charge on any atom is 0.111 e. The van der Waals surface area contributed by atoms with Gasteiger partial charge in [0.25, 0.3) is 0 Å². The van der Waals surface area contributed by atoms with Gasteiger partial charge in [-0.25, -0.2) is 4.39 Å². The molecule has 0 radical (unpaired) electrons. The largest absolute Gasteiger partial charge is 0.244 e. The fraction of sp³-hybridized carbons (Fsp3) is 1.00. The summed E-state index contributed by atoms with van der Waals surface area (Å²) in [5, 5.41) is 1.01. The van der Waals surface area contributed by atoms with E-state index >= 15 is 0 Å². The van der Waals surface area contributed by atoms with Gasteiger partial charge >= 0.3 is 0 Å². The Hall–Kier alpha value is 0.410. The molecule has 2 fully saturated rings. The monoisotopic (exact) mass is 206 g/mol. The van der Waals surface area contributed by atoms with E-state index < -0.39 is 5.67 Å². The first-order valence-corrected chi connectivity index (χ1v) is 5.05. The van der Waals surface area contributed by atoms with Crippen LogP contribution >= 0.6 is 15.9 Å². The molecule has 0 unspecified atom stereocenters. The molecule has 0 aromatic heterocycles. The van der Waals surface area contributed by atoms with Gasteiger partial charge in [0.15, 0.2) is 0 Å². The molecule has 0 N–H and O–H groups in total. The number of halogens is 2. The van der Waals surface area contributed by atoms with Crippen molar-refractivity contribution in [3.05, 3.63) is 0 Å². The molecule has 0 nitrogen and oxygen atoms in total. The zero-order valence-corrected chi connectivity index (χ0v) is 7.58. The van der Waals surface area contributed by atoms with Crippen LogP contribution in [0.5, 0.6) is 0 Å². The molecule has 58 valence electrons. The lowest BCUT2D eigenvalue weighted by Gasteiger charge is -2.22. The predicted octanol–water partition coefficient (Wildman–Crippen LogP) is 3.05. The zero-order chi connectivity index (χ0) is 7.24. The Bertz CT molecular complexity index is 147. The van der Waals surface area contributed by atoms with Crippen LogP contribution in [0.4, 0.5) is 4.39 Å². The van der Waals surface area contributed by atoms with Crippen molar-refractivity contribution >= 4 is 15.9 Å². The van der Waals surface area contributed by atoms with Gasteiger partial charge in [-0.15, -0.1) is 0 Å². The molecule has 2 bridgehead atoms. The lowest BCUT2D eigenvalue weighted by atomic mass is 9.87. The average molecular weight is 207 g/mol. The SMILES string of the molecule is FC12CCC(CBr)(CC1)C2. The van der Waals surface area contributed by atoms with Gasteiger partial charge in [-0.3, -0.25) is 0 Å². The van der Waals surface area contributed by atoms with Crippen molar-refractivity contribution in [1.82, 2.24) is 0 Å². The number of fused-ring (bicyclic) bond motifs is 2. The Morgan fingerprint density at radius 1 is 1.20 bits per heavy atom. The highest BCUT2D eigenvalue weighted by Gasteiger charge is 2.53. The van der Waals surface area contributed by atoms with Crippen molar-refractivity contribution < 1.29 is 4.39 Å². The molecule has 0 spiro atoms. The van der Waals surface area contributed by atoms with Crippen molar-refractivity contribution in [2.45, 2.75) is 37.8 Å². The van der Waals surface area contributed by atoms with Crippen molar-refractivity contribution in [1.29, 1.82) is 0 Å². The van der Waals surface area contributed by atoms with Crippen LogP contribution in [0.1, 0.15) is 32.1 Å². The summed E-state index contributed by atoms with van der Waals surface area (Å²) in [4.78, 5) is 0. The Labute approximate surface area is 69.3 Å². The number of rotatable bonds is 1. The molecule has 2 rings (SSSR count). The van der Waals surface area contributed by atoms with Gasteiger partial charge in [-0.05, 0) is 37.5 Å². The summed E-state index contributed by atoms with van der Waals surface area (Å²) in [6, 6.07) is 0. The molecule has 0 aromatic rings. The van der Waals surface area contributed by atoms with Gasteiger partial charge in [-0.2, -0.15) is 0 Å². The van der Waals surface area contributed by atoms with E-state index in [0.717, 1.165) is 37.4 Å². The number of alkyl halides is 2. The first kappa shape index (κ1) is 7.08. The number of hydrogen-bond donors (Lipinski definition) is 0. The minimum atomic E-state index is -0.756. The molecule has 0 aromatic carbocycles. The summed E-state index contributed by atoms with van der Waals surface area (Å²) in [6.07, 6.45) is 4.67. The summed E-state index contributed by atoms with van der Waals surface area (Å²) in [6.45, 7) is 0. The lowest BCUT2D eigenvalue weighted by molar-refractivity contribution is 0.176. The Balaban J connectivity index is 2.19. The second-order valence-corrected chi connectivity index (χ2v) is 4.52. The van der Waals surface area contributed by atoms with Gasteiger partial charge in [0, 0.05) is 5.33 Å². The van der Waals surface area contributed by atoms with E-state index in [-0.39, 0.29) is 0 Å². The highest BCUT2D eigenvalue weighted by Crippen LogP contribution is 2.58. The first-order chi connectivity index (χ1) is 4.68. The third-order valence-electron chi connectivity index (χ3n) is 3.18. The second-order valence-electron chi connectivity index (χ2n) is 3.96. The van der Waals surface area contributed by atoms with Crippen molar-refractivity contribution in [3.63, 3.8) is 0 Å². The second kappa shape index (κ2) is 1.96. The van der Waals surface area contributed by atoms with Crippen LogP contribution in [0.15, 0.2) is 0 Å². The topological polar surface area (TPSA) is 0 Å². The van der Waals surface area contributed by atoms with Gasteiger partial charge in [0.05, 0.1) is 0 Å². The quantitative estimate of drug-likeness (QED) is 0.579. The maximum absolute atomic E-state index is 13.5. The summed E-state index contributed by atoms with van der Waals surface area (Å²) >= 11 is 3.48. The summed E-state index contributed by atoms with van der Waals surface area (Å²) < 4.78 is 13.5. The van der Waals surface area contributed by atoms with E-state index in [2.05, 4.69) is 15.9 Å². The van der Waals surface area contributed by atoms with Crippen molar-refractivity contribution in [3.8, 4) is 0 Å². The van der Waals surface area contributed by atoms with Crippen molar-refractivity contribution in [2.75, 3.05) is 5.33 Å². The van der Waals surface area contributed by atoms with E-state index in [1.54, 1.807) is 0 Å². The molecule has 0 atom stereocenters.